The molecule has 0 radical (unpaired) electrons. The lowest BCUT2D eigenvalue weighted by Gasteiger charge is -2.10. The van der Waals surface area contributed by atoms with E-state index < -0.39 is 0 Å². The largest absolute Gasteiger partial charge is 0.477 e. The fourth-order valence-electron chi connectivity index (χ4n) is 2.05. The molecular weight excluding hydrogens is 276 g/mol. The van der Waals surface area contributed by atoms with Crippen LogP contribution in [-0.2, 0) is 6.42 Å². The number of pyridine rings is 1. The molecule has 1 aromatic heterocycles. The molecule has 1 amide bonds. The predicted molar refractivity (Wildman–Crippen MR) is 87.1 cm³/mol. The van der Waals surface area contributed by atoms with Crippen LogP contribution in [0.4, 0.5) is 0 Å². The normalized spacial score (nSPS) is 10.2. The van der Waals surface area contributed by atoms with Crippen molar-refractivity contribution in [1.29, 1.82) is 0 Å². The second-order valence-corrected chi connectivity index (χ2v) is 5.05. The van der Waals surface area contributed by atoms with E-state index in [4.69, 9.17) is 4.74 Å². The van der Waals surface area contributed by atoms with Gasteiger partial charge in [0, 0.05) is 12.7 Å². The van der Waals surface area contributed by atoms with E-state index in [0.29, 0.717) is 24.6 Å². The molecular formula is C18H22N2O2. The van der Waals surface area contributed by atoms with Crippen molar-refractivity contribution in [3.05, 3.63) is 59.8 Å². The number of carbonyl (C=O) groups is 1. The van der Waals surface area contributed by atoms with Crippen LogP contribution in [0.5, 0.6) is 5.88 Å². The van der Waals surface area contributed by atoms with Crippen LogP contribution in [0.2, 0.25) is 0 Å². The van der Waals surface area contributed by atoms with E-state index in [1.165, 1.54) is 5.56 Å². The zero-order valence-electron chi connectivity index (χ0n) is 12.9. The van der Waals surface area contributed by atoms with Gasteiger partial charge in [0.15, 0.2) is 0 Å². The molecule has 2 aromatic rings. The second-order valence-electron chi connectivity index (χ2n) is 5.05. The number of carbonyl (C=O) groups excluding carboxylic acids is 1. The minimum atomic E-state index is -0.143. The van der Waals surface area contributed by atoms with Gasteiger partial charge in [-0.2, -0.15) is 0 Å². The number of hydrogen-bond donors (Lipinski definition) is 1. The molecule has 0 aliphatic heterocycles. The predicted octanol–water partition coefficient (Wildman–Crippen LogP) is 3.23. The summed E-state index contributed by atoms with van der Waals surface area (Å²) in [6, 6.07) is 13.6. The van der Waals surface area contributed by atoms with Crippen LogP contribution < -0.4 is 10.1 Å². The maximum atomic E-state index is 12.3. The lowest BCUT2D eigenvalue weighted by atomic mass is 10.1. The summed E-state index contributed by atoms with van der Waals surface area (Å²) in [5.74, 6) is 0.267. The molecule has 116 valence electrons. The number of amides is 1. The molecule has 0 atom stereocenters. The SMILES string of the molecule is CCCCOc1ncccc1C(=O)NCCc1ccccc1. The summed E-state index contributed by atoms with van der Waals surface area (Å²) in [6.45, 7) is 3.27. The Balaban J connectivity index is 1.89. The topological polar surface area (TPSA) is 51.2 Å². The fourth-order valence-corrected chi connectivity index (χ4v) is 2.05. The average molecular weight is 298 g/mol. The fraction of sp³-hybridized carbons (Fsp3) is 0.333. The van der Waals surface area contributed by atoms with Gasteiger partial charge in [-0.15, -0.1) is 0 Å². The summed E-state index contributed by atoms with van der Waals surface area (Å²) in [7, 11) is 0. The number of aromatic nitrogens is 1. The highest BCUT2D eigenvalue weighted by Crippen LogP contribution is 2.14. The van der Waals surface area contributed by atoms with Crippen LogP contribution in [0.15, 0.2) is 48.7 Å². The zero-order valence-corrected chi connectivity index (χ0v) is 12.9. The van der Waals surface area contributed by atoms with Gasteiger partial charge in [-0.1, -0.05) is 43.7 Å². The van der Waals surface area contributed by atoms with Crippen molar-refractivity contribution in [3.8, 4) is 5.88 Å². The number of benzene rings is 1. The van der Waals surface area contributed by atoms with E-state index in [1.807, 2.05) is 18.2 Å². The Hall–Kier alpha value is -2.36. The molecule has 0 spiro atoms. The average Bonchev–Trinajstić information content (AvgIpc) is 2.56. The summed E-state index contributed by atoms with van der Waals surface area (Å²) < 4.78 is 5.59. The van der Waals surface area contributed by atoms with Gasteiger partial charge in [0.25, 0.3) is 5.91 Å². The highest BCUT2D eigenvalue weighted by atomic mass is 16.5. The Labute approximate surface area is 131 Å². The van der Waals surface area contributed by atoms with Gasteiger partial charge in [0.2, 0.25) is 5.88 Å². The molecule has 4 heteroatoms. The number of ether oxygens (including phenoxy) is 1. The van der Waals surface area contributed by atoms with Crippen LogP contribution in [0.3, 0.4) is 0 Å². The minimum absolute atomic E-state index is 0.143. The number of hydrogen-bond acceptors (Lipinski definition) is 3. The van der Waals surface area contributed by atoms with Gasteiger partial charge in [0.1, 0.15) is 5.56 Å². The Morgan fingerprint density at radius 3 is 2.77 bits per heavy atom. The Morgan fingerprint density at radius 2 is 2.00 bits per heavy atom. The molecule has 0 bridgehead atoms. The lowest BCUT2D eigenvalue weighted by Crippen LogP contribution is -2.26. The molecule has 2 rings (SSSR count). The molecule has 1 aromatic carbocycles. The van der Waals surface area contributed by atoms with Gasteiger partial charge in [-0.05, 0) is 30.5 Å². The lowest BCUT2D eigenvalue weighted by molar-refractivity contribution is 0.0949. The highest BCUT2D eigenvalue weighted by molar-refractivity contribution is 5.96. The number of nitrogens with zero attached hydrogens (tertiary/aromatic N) is 1. The third-order valence-electron chi connectivity index (χ3n) is 3.29. The van der Waals surface area contributed by atoms with E-state index in [2.05, 4.69) is 29.4 Å². The third-order valence-corrected chi connectivity index (χ3v) is 3.29. The van der Waals surface area contributed by atoms with Crippen LogP contribution >= 0.6 is 0 Å². The van der Waals surface area contributed by atoms with E-state index in [0.717, 1.165) is 19.3 Å². The van der Waals surface area contributed by atoms with Crippen molar-refractivity contribution in [3.63, 3.8) is 0 Å². The summed E-state index contributed by atoms with van der Waals surface area (Å²) in [6.07, 6.45) is 4.44. The molecule has 0 fully saturated rings. The molecule has 0 aliphatic rings. The van der Waals surface area contributed by atoms with Crippen molar-refractivity contribution in [1.82, 2.24) is 10.3 Å². The summed E-state index contributed by atoms with van der Waals surface area (Å²) >= 11 is 0. The first-order valence-electron chi connectivity index (χ1n) is 7.71. The first-order chi connectivity index (χ1) is 10.8. The van der Waals surface area contributed by atoms with Crippen molar-refractivity contribution < 1.29 is 9.53 Å². The van der Waals surface area contributed by atoms with Crippen molar-refractivity contribution in [2.45, 2.75) is 26.2 Å². The molecule has 0 saturated heterocycles. The second kappa shape index (κ2) is 8.82. The van der Waals surface area contributed by atoms with Gasteiger partial charge in [-0.3, -0.25) is 4.79 Å². The van der Waals surface area contributed by atoms with Crippen LogP contribution in [0.1, 0.15) is 35.7 Å². The standard InChI is InChI=1S/C18H22N2O2/c1-2-3-14-22-18-16(10-7-12-20-18)17(21)19-13-11-15-8-5-4-6-9-15/h4-10,12H,2-3,11,13-14H2,1H3,(H,19,21). The monoisotopic (exact) mass is 298 g/mol. The van der Waals surface area contributed by atoms with E-state index >= 15 is 0 Å². The van der Waals surface area contributed by atoms with Gasteiger partial charge < -0.3 is 10.1 Å². The summed E-state index contributed by atoms with van der Waals surface area (Å²) in [5, 5.41) is 2.92. The third kappa shape index (κ3) is 4.88. The quantitative estimate of drug-likeness (QED) is 0.761. The van der Waals surface area contributed by atoms with E-state index in [9.17, 15) is 4.79 Å². The molecule has 22 heavy (non-hydrogen) atoms. The Bertz CT molecular complexity index is 585. The van der Waals surface area contributed by atoms with E-state index in [1.54, 1.807) is 18.3 Å². The minimum Gasteiger partial charge on any atom is -0.477 e. The number of nitrogens with one attached hydrogen (secondary N) is 1. The summed E-state index contributed by atoms with van der Waals surface area (Å²) in [4.78, 5) is 16.4. The Morgan fingerprint density at radius 1 is 1.18 bits per heavy atom. The van der Waals surface area contributed by atoms with Gasteiger partial charge in [0.05, 0.1) is 6.61 Å². The number of unbranched alkanes of at least 4 members (excludes halogenated alkanes) is 1. The van der Waals surface area contributed by atoms with Crippen molar-refractivity contribution in [2.24, 2.45) is 0 Å². The van der Waals surface area contributed by atoms with Gasteiger partial charge in [-0.25, -0.2) is 4.98 Å². The van der Waals surface area contributed by atoms with Crippen molar-refractivity contribution >= 4 is 5.91 Å². The van der Waals surface area contributed by atoms with Gasteiger partial charge >= 0.3 is 0 Å². The molecule has 1 N–H and O–H groups in total. The van der Waals surface area contributed by atoms with E-state index in [-0.39, 0.29) is 5.91 Å². The van der Waals surface area contributed by atoms with Crippen LogP contribution in [-0.4, -0.2) is 24.0 Å². The van der Waals surface area contributed by atoms with Crippen LogP contribution in [0, 0.1) is 0 Å². The van der Waals surface area contributed by atoms with Crippen molar-refractivity contribution in [2.75, 3.05) is 13.2 Å². The molecule has 4 nitrogen and oxygen atoms in total. The highest BCUT2D eigenvalue weighted by Gasteiger charge is 2.12. The maximum Gasteiger partial charge on any atom is 0.256 e. The molecule has 0 saturated carbocycles. The zero-order chi connectivity index (χ0) is 15.6. The molecule has 1 heterocycles. The first kappa shape index (κ1) is 16.0. The summed E-state index contributed by atoms with van der Waals surface area (Å²) in [5.41, 5.74) is 1.69. The number of rotatable bonds is 8. The smallest absolute Gasteiger partial charge is 0.256 e. The van der Waals surface area contributed by atoms with Crippen LogP contribution in [0.25, 0.3) is 0 Å². The first-order valence-corrected chi connectivity index (χ1v) is 7.71. The molecule has 0 aliphatic carbocycles. The molecule has 0 unspecified atom stereocenters. The Kier molecular flexibility index (Phi) is 6.42. The maximum absolute atomic E-state index is 12.3.